The maximum atomic E-state index is 13.3. The SMILES string of the molecule is C=CCC1CC[C@H]1CN1C[C@@]2(CCCc3cc(Cl)ccc32)COc2ccc(C(=O)NCS[C@H](C)[C@@H](C)CC=C)cc21. The smallest absolute Gasteiger partial charge is 0.252 e. The molecule has 4 nitrogen and oxygen atoms in total. The molecule has 5 atom stereocenters. The molecule has 1 N–H and O–H groups in total. The molecular weight excluding hydrogens is 548 g/mol. The molecule has 6 heteroatoms. The molecule has 5 rings (SSSR count). The molecule has 1 aliphatic heterocycles. The Kier molecular flexibility index (Phi) is 9.76. The third kappa shape index (κ3) is 6.67. The standard InChI is InChI=1S/C35H45ClN2O2S/c1-5-8-24(3)25(4)41-23-37-34(39)28-13-16-33-32(19-28)38(20-29-12-11-26(29)9-6-2)21-35(22-40-33)17-7-10-27-18-30(36)14-15-31(27)35/h5-6,13-16,18-19,24-26,29H,1-2,7-12,17,20-23H2,3-4H3,(H,37,39)/t24-,25+,26?,29-,35-/m0/s1. The van der Waals surface area contributed by atoms with Crippen LogP contribution >= 0.6 is 23.4 Å². The van der Waals surface area contributed by atoms with Gasteiger partial charge in [0.2, 0.25) is 0 Å². The van der Waals surface area contributed by atoms with Gasteiger partial charge in [0.05, 0.1) is 18.2 Å². The highest BCUT2D eigenvalue weighted by atomic mass is 35.5. The Labute approximate surface area is 255 Å². The van der Waals surface area contributed by atoms with E-state index in [9.17, 15) is 4.79 Å². The van der Waals surface area contributed by atoms with Crippen molar-refractivity contribution in [2.75, 3.05) is 30.5 Å². The van der Waals surface area contributed by atoms with E-state index < -0.39 is 0 Å². The van der Waals surface area contributed by atoms with Gasteiger partial charge in [0, 0.05) is 34.3 Å². The lowest BCUT2D eigenvalue weighted by Gasteiger charge is -2.44. The summed E-state index contributed by atoms with van der Waals surface area (Å²) in [6.45, 7) is 14.8. The van der Waals surface area contributed by atoms with E-state index in [1.165, 1.54) is 24.0 Å². The monoisotopic (exact) mass is 592 g/mol. The molecule has 0 saturated heterocycles. The highest BCUT2D eigenvalue weighted by molar-refractivity contribution is 7.99. The Morgan fingerprint density at radius 1 is 1.20 bits per heavy atom. The second-order valence-electron chi connectivity index (χ2n) is 12.4. The van der Waals surface area contributed by atoms with E-state index >= 15 is 0 Å². The van der Waals surface area contributed by atoms with Gasteiger partial charge < -0.3 is 15.0 Å². The molecule has 1 heterocycles. The quantitative estimate of drug-likeness (QED) is 0.210. The van der Waals surface area contributed by atoms with Gasteiger partial charge in [-0.25, -0.2) is 0 Å². The zero-order chi connectivity index (χ0) is 29.0. The van der Waals surface area contributed by atoms with E-state index in [0.29, 0.717) is 41.1 Å². The number of amides is 1. The first-order chi connectivity index (χ1) is 19.8. The number of benzene rings is 2. The summed E-state index contributed by atoms with van der Waals surface area (Å²) in [5, 5.41) is 4.39. The number of halogens is 1. The van der Waals surface area contributed by atoms with Crippen LogP contribution < -0.4 is 15.0 Å². The lowest BCUT2D eigenvalue weighted by molar-refractivity contribution is 0.0961. The number of rotatable bonds is 11. The van der Waals surface area contributed by atoms with Crippen LogP contribution in [0.5, 0.6) is 5.75 Å². The van der Waals surface area contributed by atoms with Crippen LogP contribution in [0.3, 0.4) is 0 Å². The van der Waals surface area contributed by atoms with E-state index in [1.54, 1.807) is 11.8 Å². The summed E-state index contributed by atoms with van der Waals surface area (Å²) in [6, 6.07) is 12.4. The van der Waals surface area contributed by atoms with Crippen molar-refractivity contribution >= 4 is 35.0 Å². The zero-order valence-electron chi connectivity index (χ0n) is 24.7. The number of hydrogen-bond donors (Lipinski definition) is 1. The average Bonchev–Trinajstić information content (AvgIpc) is 3.10. The molecule has 1 amide bonds. The number of nitrogens with one attached hydrogen (secondary N) is 1. The van der Waals surface area contributed by atoms with Gasteiger partial charge in [-0.05, 0) is 104 Å². The summed E-state index contributed by atoms with van der Waals surface area (Å²) in [5.74, 6) is 3.26. The lowest BCUT2D eigenvalue weighted by Crippen LogP contribution is -2.48. The van der Waals surface area contributed by atoms with Crippen molar-refractivity contribution in [1.29, 1.82) is 0 Å². The second kappa shape index (κ2) is 13.3. The molecule has 220 valence electrons. The predicted octanol–water partition coefficient (Wildman–Crippen LogP) is 8.44. The van der Waals surface area contributed by atoms with Crippen molar-refractivity contribution in [1.82, 2.24) is 5.32 Å². The van der Waals surface area contributed by atoms with Gasteiger partial charge in [0.25, 0.3) is 5.91 Å². The van der Waals surface area contributed by atoms with Gasteiger partial charge in [-0.2, -0.15) is 0 Å². The van der Waals surface area contributed by atoms with E-state index in [1.807, 2.05) is 24.3 Å². The van der Waals surface area contributed by atoms with Crippen molar-refractivity contribution in [3.63, 3.8) is 0 Å². The Hall–Kier alpha value is -2.37. The maximum Gasteiger partial charge on any atom is 0.252 e. The van der Waals surface area contributed by atoms with Crippen LogP contribution in [0.1, 0.15) is 73.9 Å². The summed E-state index contributed by atoms with van der Waals surface area (Å²) in [6.07, 6.45) is 11.9. The van der Waals surface area contributed by atoms with Crippen molar-refractivity contribution in [2.24, 2.45) is 17.8 Å². The fraction of sp³-hybridized carbons (Fsp3) is 0.514. The molecule has 3 aliphatic rings. The van der Waals surface area contributed by atoms with Gasteiger partial charge >= 0.3 is 0 Å². The fourth-order valence-corrected chi connectivity index (χ4v) is 8.01. The number of anilines is 1. The summed E-state index contributed by atoms with van der Waals surface area (Å²) < 4.78 is 6.63. The molecule has 0 radical (unpaired) electrons. The molecule has 1 unspecified atom stereocenters. The van der Waals surface area contributed by atoms with Crippen LogP contribution in [0.25, 0.3) is 0 Å². The summed E-state index contributed by atoms with van der Waals surface area (Å²) in [7, 11) is 0. The third-order valence-electron chi connectivity index (χ3n) is 9.72. The molecule has 0 bridgehead atoms. The van der Waals surface area contributed by atoms with Crippen LogP contribution in [0.2, 0.25) is 5.02 Å². The second-order valence-corrected chi connectivity index (χ2v) is 14.2. The normalized spacial score (nSPS) is 24.6. The largest absolute Gasteiger partial charge is 0.490 e. The minimum Gasteiger partial charge on any atom is -0.490 e. The highest BCUT2D eigenvalue weighted by Crippen LogP contribution is 2.46. The Balaban J connectivity index is 1.39. The van der Waals surface area contributed by atoms with Crippen LogP contribution in [0, 0.1) is 17.8 Å². The Morgan fingerprint density at radius 2 is 2.02 bits per heavy atom. The third-order valence-corrected chi connectivity index (χ3v) is 11.3. The van der Waals surface area contributed by atoms with Gasteiger partial charge in [0.15, 0.2) is 0 Å². The van der Waals surface area contributed by atoms with E-state index in [-0.39, 0.29) is 11.3 Å². The maximum absolute atomic E-state index is 13.3. The van der Waals surface area contributed by atoms with Gasteiger partial charge in [0.1, 0.15) is 5.75 Å². The molecule has 1 fully saturated rings. The molecule has 2 aromatic rings. The number of carbonyl (C=O) groups excluding carboxylic acids is 1. The number of allylic oxidation sites excluding steroid dienone is 2. The van der Waals surface area contributed by atoms with E-state index in [2.05, 4.69) is 61.5 Å². The lowest BCUT2D eigenvalue weighted by atomic mass is 9.69. The number of fused-ring (bicyclic) bond motifs is 3. The van der Waals surface area contributed by atoms with Gasteiger partial charge in [-0.3, -0.25) is 4.79 Å². The predicted molar refractivity (Wildman–Crippen MR) is 175 cm³/mol. The minimum absolute atomic E-state index is 0.0337. The first kappa shape index (κ1) is 30.1. The van der Waals surface area contributed by atoms with E-state index in [0.717, 1.165) is 61.7 Å². The van der Waals surface area contributed by atoms with Gasteiger partial charge in [-0.1, -0.05) is 43.7 Å². The average molecular weight is 593 g/mol. The summed E-state index contributed by atoms with van der Waals surface area (Å²) >= 11 is 8.20. The number of hydrogen-bond acceptors (Lipinski definition) is 4. The minimum atomic E-state index is -0.105. The van der Waals surface area contributed by atoms with Crippen LogP contribution in [0.4, 0.5) is 5.69 Å². The fourth-order valence-electron chi connectivity index (χ4n) is 6.90. The molecule has 1 saturated carbocycles. The van der Waals surface area contributed by atoms with Crippen molar-refractivity contribution in [3.05, 3.63) is 83.4 Å². The number of carbonyl (C=O) groups is 1. The number of nitrogens with zero attached hydrogens (tertiary/aromatic N) is 1. The number of aryl methyl sites for hydroxylation is 1. The number of ether oxygens (including phenoxy) is 1. The summed E-state index contributed by atoms with van der Waals surface area (Å²) in [5.41, 5.74) is 4.34. The van der Waals surface area contributed by atoms with Crippen molar-refractivity contribution < 1.29 is 9.53 Å². The van der Waals surface area contributed by atoms with E-state index in [4.69, 9.17) is 16.3 Å². The van der Waals surface area contributed by atoms with Crippen LogP contribution in [-0.4, -0.2) is 36.7 Å². The topological polar surface area (TPSA) is 41.6 Å². The molecule has 2 aromatic carbocycles. The van der Waals surface area contributed by atoms with Gasteiger partial charge in [-0.15, -0.1) is 24.9 Å². The molecular formula is C35H45ClN2O2S. The van der Waals surface area contributed by atoms with Crippen molar-refractivity contribution in [2.45, 2.75) is 69.5 Å². The van der Waals surface area contributed by atoms with Crippen LogP contribution in [-0.2, 0) is 11.8 Å². The van der Waals surface area contributed by atoms with Crippen LogP contribution in [0.15, 0.2) is 61.7 Å². The molecule has 1 spiro atoms. The number of thioether (sulfide) groups is 1. The van der Waals surface area contributed by atoms with Crippen molar-refractivity contribution in [3.8, 4) is 5.75 Å². The Bertz CT molecular complexity index is 1260. The first-order valence-electron chi connectivity index (χ1n) is 15.3. The summed E-state index contributed by atoms with van der Waals surface area (Å²) in [4.78, 5) is 15.8. The molecule has 0 aromatic heterocycles. The zero-order valence-corrected chi connectivity index (χ0v) is 26.2. The first-order valence-corrected chi connectivity index (χ1v) is 16.7. The highest BCUT2D eigenvalue weighted by Gasteiger charge is 2.43. The molecule has 41 heavy (non-hydrogen) atoms. The Morgan fingerprint density at radius 3 is 2.78 bits per heavy atom. The molecule has 2 aliphatic carbocycles.